The van der Waals surface area contributed by atoms with E-state index in [4.69, 9.17) is 18.9 Å². The fourth-order valence-electron chi connectivity index (χ4n) is 9.73. The zero-order chi connectivity index (χ0) is 46.4. The average Bonchev–Trinajstić information content (AvgIpc) is 3.32. The molecule has 4 aliphatic heterocycles. The Morgan fingerprint density at radius 1 is 0.348 bits per heavy atom. The molecule has 2 atom stereocenters. The van der Waals surface area contributed by atoms with Crippen molar-refractivity contribution >= 4 is 0 Å². The van der Waals surface area contributed by atoms with Gasteiger partial charge in [-0.3, -0.25) is 0 Å². The van der Waals surface area contributed by atoms with E-state index in [-0.39, 0.29) is 0 Å². The van der Waals surface area contributed by atoms with Gasteiger partial charge in [0.05, 0.1) is 26.4 Å². The Morgan fingerprint density at radius 2 is 0.606 bits per heavy atom. The molecule has 4 aliphatic rings. The second-order valence-electron chi connectivity index (χ2n) is 20.7. The number of unbranched alkanes of at least 4 members (excludes halogenated alkanes) is 4. The zero-order valence-corrected chi connectivity index (χ0v) is 42.9. The predicted molar refractivity (Wildman–Crippen MR) is 273 cm³/mol. The van der Waals surface area contributed by atoms with Crippen LogP contribution < -0.4 is 18.9 Å². The molecule has 2 aromatic carbocycles. The zero-order valence-electron chi connectivity index (χ0n) is 42.9. The van der Waals surface area contributed by atoms with Gasteiger partial charge in [0.15, 0.2) is 23.0 Å². The first-order valence-corrected chi connectivity index (χ1v) is 26.6. The van der Waals surface area contributed by atoms with Crippen LogP contribution in [0.25, 0.3) is 0 Å². The Bertz CT molecular complexity index is 1490. The number of rotatable bonds is 29. The van der Waals surface area contributed by atoms with E-state index in [1.165, 1.54) is 116 Å². The number of piperazine rings is 4. The fourth-order valence-corrected chi connectivity index (χ4v) is 9.73. The van der Waals surface area contributed by atoms with E-state index in [9.17, 15) is 0 Å². The minimum absolute atomic E-state index is 0.484. The van der Waals surface area contributed by atoms with Crippen molar-refractivity contribution in [2.24, 2.45) is 11.8 Å². The van der Waals surface area contributed by atoms with Crippen molar-refractivity contribution in [2.45, 2.75) is 78.1 Å². The van der Waals surface area contributed by atoms with Gasteiger partial charge in [0.1, 0.15) is 0 Å². The van der Waals surface area contributed by atoms with E-state index in [0.717, 1.165) is 140 Å². The summed E-state index contributed by atoms with van der Waals surface area (Å²) in [5, 5.41) is 0. The minimum atomic E-state index is 0.484. The van der Waals surface area contributed by atoms with Crippen molar-refractivity contribution in [1.82, 2.24) is 39.2 Å². The van der Waals surface area contributed by atoms with Gasteiger partial charge >= 0.3 is 0 Å². The maximum Gasteiger partial charge on any atom is 0.161 e. The summed E-state index contributed by atoms with van der Waals surface area (Å²) in [5.74, 6) is 4.57. The third-order valence-electron chi connectivity index (χ3n) is 15.0. The van der Waals surface area contributed by atoms with Crippen molar-refractivity contribution < 1.29 is 18.9 Å². The number of benzene rings is 2. The lowest BCUT2D eigenvalue weighted by Crippen LogP contribution is -2.44. The number of ether oxygens (including phenoxy) is 4. The molecule has 6 rings (SSSR count). The number of hydrogen-bond donors (Lipinski definition) is 0. The molecular formula is C54H94N8O4. The van der Waals surface area contributed by atoms with E-state index < -0.39 is 0 Å². The van der Waals surface area contributed by atoms with Crippen LogP contribution in [0.5, 0.6) is 23.0 Å². The van der Waals surface area contributed by atoms with Gasteiger partial charge in [-0.15, -0.1) is 0 Å². The summed E-state index contributed by atoms with van der Waals surface area (Å²) < 4.78 is 26.0. The van der Waals surface area contributed by atoms with Crippen LogP contribution in [0.1, 0.15) is 76.3 Å². The third-order valence-corrected chi connectivity index (χ3v) is 15.0. The Labute approximate surface area is 402 Å². The van der Waals surface area contributed by atoms with Crippen molar-refractivity contribution in [3.8, 4) is 23.0 Å². The number of likely N-dealkylation sites (N-methyl/N-ethyl adjacent to an activating group) is 4. The van der Waals surface area contributed by atoms with Crippen molar-refractivity contribution in [2.75, 3.05) is 186 Å². The molecule has 4 fully saturated rings. The SMILES string of the molecule is C[C@H](Cc1ccc(OCCCCN2CCN(C)CC2)c(OCCCCN2CCN(C)CC2)c1)[C@H](C)Cc1ccc(OCCCCN2CCN(C)CC2)c(OCCCCN2CCN(C)CC2)c1. The summed E-state index contributed by atoms with van der Waals surface area (Å²) in [5.41, 5.74) is 2.64. The number of hydrogen-bond acceptors (Lipinski definition) is 12. The van der Waals surface area contributed by atoms with E-state index in [1.54, 1.807) is 0 Å². The molecule has 12 nitrogen and oxygen atoms in total. The molecule has 374 valence electrons. The molecule has 0 amide bonds. The van der Waals surface area contributed by atoms with Crippen LogP contribution in [0.3, 0.4) is 0 Å². The van der Waals surface area contributed by atoms with Gasteiger partial charge in [0, 0.05) is 105 Å². The Morgan fingerprint density at radius 3 is 0.879 bits per heavy atom. The molecule has 0 unspecified atom stereocenters. The summed E-state index contributed by atoms with van der Waals surface area (Å²) in [6, 6.07) is 13.4. The molecule has 66 heavy (non-hydrogen) atoms. The molecular weight excluding hydrogens is 825 g/mol. The summed E-state index contributed by atoms with van der Waals surface area (Å²) in [6.45, 7) is 31.1. The van der Waals surface area contributed by atoms with E-state index in [0.29, 0.717) is 11.8 Å². The normalized spacial score (nSPS) is 20.4. The highest BCUT2D eigenvalue weighted by molar-refractivity contribution is 5.44. The first-order chi connectivity index (χ1) is 32.2. The second-order valence-corrected chi connectivity index (χ2v) is 20.7. The van der Waals surface area contributed by atoms with Gasteiger partial charge < -0.3 is 58.1 Å². The highest BCUT2D eigenvalue weighted by Gasteiger charge is 2.20. The van der Waals surface area contributed by atoms with Gasteiger partial charge in [-0.05, 0) is 166 Å². The third kappa shape index (κ3) is 19.4. The molecule has 4 heterocycles. The van der Waals surface area contributed by atoms with Crippen molar-refractivity contribution in [3.05, 3.63) is 47.5 Å². The molecule has 4 saturated heterocycles. The highest BCUT2D eigenvalue weighted by Crippen LogP contribution is 2.33. The summed E-state index contributed by atoms with van der Waals surface area (Å²) in [7, 11) is 8.90. The van der Waals surface area contributed by atoms with Gasteiger partial charge in [0.2, 0.25) is 0 Å². The van der Waals surface area contributed by atoms with Gasteiger partial charge in [0.25, 0.3) is 0 Å². The van der Waals surface area contributed by atoms with Crippen LogP contribution in [0.4, 0.5) is 0 Å². The summed E-state index contributed by atoms with van der Waals surface area (Å²) >= 11 is 0. The lowest BCUT2D eigenvalue weighted by molar-refractivity contribution is 0.148. The van der Waals surface area contributed by atoms with Crippen molar-refractivity contribution in [1.29, 1.82) is 0 Å². The van der Waals surface area contributed by atoms with Gasteiger partial charge in [-0.25, -0.2) is 0 Å². The predicted octanol–water partition coefficient (Wildman–Crippen LogP) is 6.37. The van der Waals surface area contributed by atoms with E-state index in [1.807, 2.05) is 0 Å². The van der Waals surface area contributed by atoms with Crippen LogP contribution in [0.15, 0.2) is 36.4 Å². The van der Waals surface area contributed by atoms with Crippen LogP contribution in [-0.2, 0) is 12.8 Å². The first kappa shape index (κ1) is 52.7. The summed E-state index contributed by atoms with van der Waals surface area (Å²) in [6.07, 6.45) is 10.9. The molecule has 0 N–H and O–H groups in total. The van der Waals surface area contributed by atoms with Crippen LogP contribution in [0.2, 0.25) is 0 Å². The first-order valence-electron chi connectivity index (χ1n) is 26.6. The van der Waals surface area contributed by atoms with Gasteiger partial charge in [-0.2, -0.15) is 0 Å². The molecule has 0 radical (unpaired) electrons. The molecule has 0 aromatic heterocycles. The average molecular weight is 919 g/mol. The topological polar surface area (TPSA) is 62.8 Å². The molecule has 0 spiro atoms. The molecule has 2 aromatic rings. The number of nitrogens with zero attached hydrogens (tertiary/aromatic N) is 8. The van der Waals surface area contributed by atoms with Crippen LogP contribution in [0, 0.1) is 11.8 Å². The highest BCUT2D eigenvalue weighted by atomic mass is 16.5. The molecule has 0 saturated carbocycles. The molecule has 12 heteroatoms. The second kappa shape index (κ2) is 29.4. The van der Waals surface area contributed by atoms with E-state index >= 15 is 0 Å². The van der Waals surface area contributed by atoms with Crippen molar-refractivity contribution in [3.63, 3.8) is 0 Å². The maximum atomic E-state index is 6.57. The Hall–Kier alpha value is -2.68. The van der Waals surface area contributed by atoms with Crippen LogP contribution in [-0.4, -0.2) is 225 Å². The Kier molecular flexibility index (Phi) is 23.4. The summed E-state index contributed by atoms with van der Waals surface area (Å²) in [4.78, 5) is 20.1. The molecule has 0 bridgehead atoms. The quantitative estimate of drug-likeness (QED) is 0.0854. The fraction of sp³-hybridized carbons (Fsp3) is 0.778. The molecule has 0 aliphatic carbocycles. The van der Waals surface area contributed by atoms with E-state index in [2.05, 4.69) is 118 Å². The lowest BCUT2D eigenvalue weighted by atomic mass is 9.85. The smallest absolute Gasteiger partial charge is 0.161 e. The van der Waals surface area contributed by atoms with Crippen LogP contribution >= 0.6 is 0 Å². The maximum absolute atomic E-state index is 6.57. The standard InChI is InChI=1S/C54H94N8O4/c1-47(43-49-15-17-51(63-39-11-7-19-59-31-23-55(3)24-32-59)53(45-49)65-41-13-9-21-61-35-27-57(5)28-36-61)48(2)44-50-16-18-52(64-40-12-8-20-60-33-25-56(4)26-34-60)54(46-50)66-42-14-10-22-62-37-29-58(6)30-38-62/h15-18,45-48H,7-14,19-44H2,1-6H3/t47-,48-/m1/s1. The minimum Gasteiger partial charge on any atom is -0.490 e. The van der Waals surface area contributed by atoms with Gasteiger partial charge in [-0.1, -0.05) is 26.0 Å². The Balaban J connectivity index is 1.00. The monoisotopic (exact) mass is 919 g/mol. The largest absolute Gasteiger partial charge is 0.490 e. The lowest BCUT2D eigenvalue weighted by Gasteiger charge is -2.32.